The van der Waals surface area contributed by atoms with Crippen LogP contribution in [0.4, 0.5) is 0 Å². The Morgan fingerprint density at radius 3 is 2.24 bits per heavy atom. The molecule has 0 radical (unpaired) electrons. The van der Waals surface area contributed by atoms with E-state index in [1.807, 2.05) is 12.1 Å². The van der Waals surface area contributed by atoms with Crippen molar-refractivity contribution in [3.8, 4) is 5.75 Å². The molecular weight excluding hydrogens is 258 g/mol. The average Bonchev–Trinajstić information content (AvgIpc) is 2.84. The molecule has 0 bridgehead atoms. The second-order valence-corrected chi connectivity index (χ2v) is 5.59. The first kappa shape index (κ1) is 13.7. The second-order valence-electron chi connectivity index (χ2n) is 5.59. The van der Waals surface area contributed by atoms with Crippen molar-refractivity contribution in [1.29, 1.82) is 0 Å². The summed E-state index contributed by atoms with van der Waals surface area (Å²) in [4.78, 5) is 2.38. The monoisotopic (exact) mass is 279 g/mol. The summed E-state index contributed by atoms with van der Waals surface area (Å²) < 4.78 is 5.26. The van der Waals surface area contributed by atoms with E-state index in [2.05, 4.69) is 61.3 Å². The van der Waals surface area contributed by atoms with Crippen LogP contribution in [0.25, 0.3) is 11.3 Å². The molecule has 2 heteroatoms. The molecule has 21 heavy (non-hydrogen) atoms. The van der Waals surface area contributed by atoms with E-state index in [-0.39, 0.29) is 0 Å². The van der Waals surface area contributed by atoms with Crippen LogP contribution in [-0.4, -0.2) is 25.1 Å². The van der Waals surface area contributed by atoms with Crippen molar-refractivity contribution in [1.82, 2.24) is 4.90 Å². The molecule has 2 aromatic rings. The summed E-state index contributed by atoms with van der Waals surface area (Å²) in [7, 11) is 3.88. The minimum atomic E-state index is 0.525. The predicted octanol–water partition coefficient (Wildman–Crippen LogP) is 4.29. The van der Waals surface area contributed by atoms with E-state index in [1.165, 1.54) is 22.4 Å². The molecule has 0 fully saturated rings. The van der Waals surface area contributed by atoms with Crippen molar-refractivity contribution in [3.63, 3.8) is 0 Å². The highest BCUT2D eigenvalue weighted by molar-refractivity contribution is 5.92. The Morgan fingerprint density at radius 1 is 0.952 bits per heavy atom. The lowest BCUT2D eigenvalue weighted by molar-refractivity contribution is 0.399. The van der Waals surface area contributed by atoms with Crippen molar-refractivity contribution < 1.29 is 4.74 Å². The lowest BCUT2D eigenvalue weighted by Crippen LogP contribution is -2.21. The minimum absolute atomic E-state index is 0.525. The van der Waals surface area contributed by atoms with Gasteiger partial charge < -0.3 is 9.64 Å². The molecule has 0 saturated carbocycles. The standard InChI is InChI=1S/C19H21NO/c1-14-13-18(15-7-5-4-6-8-15)19(20(14)2)16-9-11-17(21-3)12-10-16/h4-12,14H,13H2,1-3H3. The molecule has 1 heterocycles. The fraction of sp³-hybridized carbons (Fsp3) is 0.263. The minimum Gasteiger partial charge on any atom is -0.497 e. The molecule has 2 aromatic carbocycles. The third-order valence-electron chi connectivity index (χ3n) is 4.28. The van der Waals surface area contributed by atoms with Gasteiger partial charge >= 0.3 is 0 Å². The Kier molecular flexibility index (Phi) is 3.70. The molecule has 0 saturated heterocycles. The first-order valence-corrected chi connectivity index (χ1v) is 7.36. The highest BCUT2D eigenvalue weighted by Gasteiger charge is 2.27. The van der Waals surface area contributed by atoms with Crippen LogP contribution in [0.1, 0.15) is 24.5 Å². The summed E-state index contributed by atoms with van der Waals surface area (Å²) in [5.41, 5.74) is 5.33. The summed E-state index contributed by atoms with van der Waals surface area (Å²) >= 11 is 0. The maximum Gasteiger partial charge on any atom is 0.118 e. The van der Waals surface area contributed by atoms with Crippen LogP contribution in [-0.2, 0) is 0 Å². The van der Waals surface area contributed by atoms with E-state index in [0.29, 0.717) is 6.04 Å². The zero-order chi connectivity index (χ0) is 14.8. The quantitative estimate of drug-likeness (QED) is 0.831. The first-order valence-electron chi connectivity index (χ1n) is 7.36. The molecule has 1 aliphatic rings. The van der Waals surface area contributed by atoms with Gasteiger partial charge in [0.1, 0.15) is 5.75 Å². The molecule has 0 aromatic heterocycles. The van der Waals surface area contributed by atoms with Gasteiger partial charge in [-0.05, 0) is 54.3 Å². The normalized spacial score (nSPS) is 18.2. The van der Waals surface area contributed by atoms with Crippen molar-refractivity contribution in [2.75, 3.05) is 14.2 Å². The van der Waals surface area contributed by atoms with Crippen molar-refractivity contribution in [2.24, 2.45) is 0 Å². The predicted molar refractivity (Wildman–Crippen MR) is 88.1 cm³/mol. The van der Waals surface area contributed by atoms with Crippen molar-refractivity contribution in [2.45, 2.75) is 19.4 Å². The maximum atomic E-state index is 5.26. The van der Waals surface area contributed by atoms with Gasteiger partial charge in [0, 0.05) is 18.8 Å². The van der Waals surface area contributed by atoms with Gasteiger partial charge in [-0.3, -0.25) is 0 Å². The lowest BCUT2D eigenvalue weighted by Gasteiger charge is -2.22. The lowest BCUT2D eigenvalue weighted by atomic mass is 9.98. The molecule has 0 N–H and O–H groups in total. The molecular formula is C19H21NO. The summed E-state index contributed by atoms with van der Waals surface area (Å²) in [6.07, 6.45) is 1.09. The number of nitrogens with zero attached hydrogens (tertiary/aromatic N) is 1. The largest absolute Gasteiger partial charge is 0.497 e. The average molecular weight is 279 g/mol. The van der Waals surface area contributed by atoms with E-state index in [1.54, 1.807) is 7.11 Å². The number of rotatable bonds is 3. The smallest absolute Gasteiger partial charge is 0.118 e. The van der Waals surface area contributed by atoms with Gasteiger partial charge in [0.25, 0.3) is 0 Å². The van der Waals surface area contributed by atoms with E-state index >= 15 is 0 Å². The molecule has 0 spiro atoms. The molecule has 1 aliphatic heterocycles. The van der Waals surface area contributed by atoms with Crippen LogP contribution in [0.3, 0.4) is 0 Å². The number of benzene rings is 2. The van der Waals surface area contributed by atoms with Crippen molar-refractivity contribution in [3.05, 3.63) is 65.7 Å². The number of methoxy groups -OCH3 is 1. The summed E-state index contributed by atoms with van der Waals surface area (Å²) in [5.74, 6) is 0.898. The fourth-order valence-corrected chi connectivity index (χ4v) is 2.98. The topological polar surface area (TPSA) is 12.5 Å². The van der Waals surface area contributed by atoms with Gasteiger partial charge in [0.05, 0.1) is 7.11 Å². The van der Waals surface area contributed by atoms with Crippen LogP contribution in [0.5, 0.6) is 5.75 Å². The third kappa shape index (κ3) is 2.54. The molecule has 2 nitrogen and oxygen atoms in total. The van der Waals surface area contributed by atoms with Crippen LogP contribution < -0.4 is 4.74 Å². The van der Waals surface area contributed by atoms with E-state index in [9.17, 15) is 0 Å². The molecule has 1 unspecified atom stereocenters. The zero-order valence-electron chi connectivity index (χ0n) is 12.8. The highest BCUT2D eigenvalue weighted by Crippen LogP contribution is 2.40. The van der Waals surface area contributed by atoms with Crippen molar-refractivity contribution >= 4 is 11.3 Å². The maximum absolute atomic E-state index is 5.26. The van der Waals surface area contributed by atoms with Gasteiger partial charge in [-0.2, -0.15) is 0 Å². The van der Waals surface area contributed by atoms with Gasteiger partial charge in [-0.25, -0.2) is 0 Å². The van der Waals surface area contributed by atoms with Crippen LogP contribution in [0, 0.1) is 0 Å². The van der Waals surface area contributed by atoms with E-state index < -0.39 is 0 Å². The number of ether oxygens (including phenoxy) is 1. The molecule has 0 amide bonds. The van der Waals surface area contributed by atoms with E-state index in [4.69, 9.17) is 4.74 Å². The number of hydrogen-bond acceptors (Lipinski definition) is 2. The fourth-order valence-electron chi connectivity index (χ4n) is 2.98. The van der Waals surface area contributed by atoms with Gasteiger partial charge in [0.15, 0.2) is 0 Å². The Morgan fingerprint density at radius 2 is 1.62 bits per heavy atom. The third-order valence-corrected chi connectivity index (χ3v) is 4.28. The van der Waals surface area contributed by atoms with Gasteiger partial charge in [0.2, 0.25) is 0 Å². The summed E-state index contributed by atoms with van der Waals surface area (Å²) in [5, 5.41) is 0. The SMILES string of the molecule is COc1ccc(C2=C(c3ccccc3)CC(C)N2C)cc1. The number of hydrogen-bond donors (Lipinski definition) is 0. The molecule has 0 aliphatic carbocycles. The van der Waals surface area contributed by atoms with Crippen LogP contribution in [0.2, 0.25) is 0 Å². The summed E-state index contributed by atoms with van der Waals surface area (Å²) in [6.45, 7) is 2.28. The van der Waals surface area contributed by atoms with Crippen LogP contribution >= 0.6 is 0 Å². The molecule has 3 rings (SSSR count). The van der Waals surface area contributed by atoms with Gasteiger partial charge in [-0.15, -0.1) is 0 Å². The Labute approximate surface area is 126 Å². The second kappa shape index (κ2) is 5.65. The highest BCUT2D eigenvalue weighted by atomic mass is 16.5. The zero-order valence-corrected chi connectivity index (χ0v) is 12.8. The first-order chi connectivity index (χ1) is 10.2. The summed E-state index contributed by atoms with van der Waals surface area (Å²) in [6, 6.07) is 19.6. The van der Waals surface area contributed by atoms with E-state index in [0.717, 1.165) is 12.2 Å². The Bertz CT molecular complexity index is 643. The molecule has 1 atom stereocenters. The Balaban J connectivity index is 2.09. The Hall–Kier alpha value is -2.22. The van der Waals surface area contributed by atoms with Gasteiger partial charge in [-0.1, -0.05) is 30.3 Å². The molecule has 108 valence electrons. The van der Waals surface area contributed by atoms with Crippen LogP contribution in [0.15, 0.2) is 54.6 Å².